The zero-order valence-corrected chi connectivity index (χ0v) is 10.7. The largest absolute Gasteiger partial charge is 0.352 e. The molecule has 0 atom stereocenters. The summed E-state index contributed by atoms with van der Waals surface area (Å²) in [4.78, 5) is 34.1. The number of nitrogens with one attached hydrogen (secondary N) is 2. The molecular formula is C14H16N2O3. The predicted octanol–water partition coefficient (Wildman–Crippen LogP) is 1.52. The van der Waals surface area contributed by atoms with Gasteiger partial charge in [0.1, 0.15) is 6.42 Å². The third kappa shape index (κ3) is 5.16. The minimum Gasteiger partial charge on any atom is -0.352 e. The summed E-state index contributed by atoms with van der Waals surface area (Å²) in [7, 11) is 0. The molecule has 0 spiro atoms. The highest BCUT2D eigenvalue weighted by molar-refractivity contribution is 6.04. The Morgan fingerprint density at radius 1 is 1.26 bits per heavy atom. The Bertz CT molecular complexity index is 509. The van der Waals surface area contributed by atoms with Gasteiger partial charge in [-0.05, 0) is 19.1 Å². The number of rotatable bonds is 6. The van der Waals surface area contributed by atoms with Gasteiger partial charge in [-0.2, -0.15) is 0 Å². The molecule has 0 radical (unpaired) electrons. The molecule has 100 valence electrons. The van der Waals surface area contributed by atoms with Crippen LogP contribution in [0, 0.1) is 0 Å². The molecule has 1 aromatic rings. The van der Waals surface area contributed by atoms with Crippen LogP contribution < -0.4 is 10.6 Å². The fourth-order valence-electron chi connectivity index (χ4n) is 1.42. The fourth-order valence-corrected chi connectivity index (χ4v) is 1.42. The van der Waals surface area contributed by atoms with E-state index in [1.807, 2.05) is 0 Å². The van der Waals surface area contributed by atoms with Gasteiger partial charge >= 0.3 is 0 Å². The van der Waals surface area contributed by atoms with Crippen molar-refractivity contribution >= 4 is 23.3 Å². The van der Waals surface area contributed by atoms with E-state index in [0.717, 1.165) is 0 Å². The second kappa shape index (κ2) is 7.10. The minimum atomic E-state index is -0.428. The van der Waals surface area contributed by atoms with Crippen LogP contribution in [0.2, 0.25) is 0 Å². The van der Waals surface area contributed by atoms with Crippen molar-refractivity contribution in [2.45, 2.75) is 13.3 Å². The molecule has 0 aliphatic rings. The number of benzene rings is 1. The Hall–Kier alpha value is -2.43. The van der Waals surface area contributed by atoms with E-state index < -0.39 is 5.91 Å². The Morgan fingerprint density at radius 2 is 2.00 bits per heavy atom. The molecular weight excluding hydrogens is 244 g/mol. The third-order valence-electron chi connectivity index (χ3n) is 2.32. The second-order valence-electron chi connectivity index (χ2n) is 3.95. The maximum atomic E-state index is 11.6. The van der Waals surface area contributed by atoms with E-state index in [4.69, 9.17) is 0 Å². The van der Waals surface area contributed by atoms with Crippen molar-refractivity contribution in [1.82, 2.24) is 5.32 Å². The Kier molecular flexibility index (Phi) is 5.47. The molecule has 1 rings (SSSR count). The van der Waals surface area contributed by atoms with Crippen LogP contribution >= 0.6 is 0 Å². The summed E-state index contributed by atoms with van der Waals surface area (Å²) in [6.07, 6.45) is 1.27. The van der Waals surface area contributed by atoms with E-state index in [1.54, 1.807) is 24.3 Å². The Morgan fingerprint density at radius 3 is 2.63 bits per heavy atom. The second-order valence-corrected chi connectivity index (χ2v) is 3.95. The first kappa shape index (κ1) is 14.6. The van der Waals surface area contributed by atoms with Gasteiger partial charge < -0.3 is 10.6 Å². The van der Waals surface area contributed by atoms with Gasteiger partial charge in [0, 0.05) is 17.8 Å². The molecule has 0 aromatic heterocycles. The van der Waals surface area contributed by atoms with Gasteiger partial charge in [-0.15, -0.1) is 6.58 Å². The standard InChI is InChI=1S/C14H16N2O3/c1-3-7-15-13(18)9-14(19)16-12-6-4-5-11(8-12)10(2)17/h3-6,8H,1,7,9H2,2H3,(H,15,18)(H,16,19). The van der Waals surface area contributed by atoms with Crippen molar-refractivity contribution < 1.29 is 14.4 Å². The SMILES string of the molecule is C=CCNC(=O)CC(=O)Nc1cccc(C(C)=O)c1. The quantitative estimate of drug-likeness (QED) is 0.462. The van der Waals surface area contributed by atoms with Crippen LogP contribution in [0.3, 0.4) is 0 Å². The zero-order valence-electron chi connectivity index (χ0n) is 10.7. The number of Topliss-reactive ketones (excluding diaryl/α,β-unsaturated/α-hetero) is 1. The molecule has 0 heterocycles. The maximum Gasteiger partial charge on any atom is 0.233 e. The number of ketones is 1. The molecule has 0 bridgehead atoms. The highest BCUT2D eigenvalue weighted by atomic mass is 16.2. The highest BCUT2D eigenvalue weighted by Crippen LogP contribution is 2.11. The van der Waals surface area contributed by atoms with Crippen molar-refractivity contribution in [2.24, 2.45) is 0 Å². The summed E-state index contributed by atoms with van der Waals surface area (Å²) in [5.41, 5.74) is 1.00. The van der Waals surface area contributed by atoms with Crippen LogP contribution in [0.15, 0.2) is 36.9 Å². The predicted molar refractivity (Wildman–Crippen MR) is 72.9 cm³/mol. The first-order valence-electron chi connectivity index (χ1n) is 5.81. The third-order valence-corrected chi connectivity index (χ3v) is 2.32. The van der Waals surface area contributed by atoms with Crippen LogP contribution in [0.1, 0.15) is 23.7 Å². The molecule has 5 nitrogen and oxygen atoms in total. The summed E-state index contributed by atoms with van der Waals surface area (Å²) < 4.78 is 0. The summed E-state index contributed by atoms with van der Waals surface area (Å²) in [6, 6.07) is 6.56. The van der Waals surface area contributed by atoms with Crippen LogP contribution in [-0.4, -0.2) is 24.1 Å². The topological polar surface area (TPSA) is 75.3 Å². The molecule has 19 heavy (non-hydrogen) atoms. The van der Waals surface area contributed by atoms with Crippen molar-refractivity contribution in [3.63, 3.8) is 0 Å². The highest BCUT2D eigenvalue weighted by Gasteiger charge is 2.09. The summed E-state index contributed by atoms with van der Waals surface area (Å²) in [6.45, 7) is 5.23. The van der Waals surface area contributed by atoms with Crippen LogP contribution in [-0.2, 0) is 9.59 Å². The number of amides is 2. The molecule has 2 amide bonds. The van der Waals surface area contributed by atoms with Crippen molar-refractivity contribution in [1.29, 1.82) is 0 Å². The molecule has 0 unspecified atom stereocenters. The fraction of sp³-hybridized carbons (Fsp3) is 0.214. The summed E-state index contributed by atoms with van der Waals surface area (Å²) in [5.74, 6) is -0.887. The molecule has 0 saturated carbocycles. The lowest BCUT2D eigenvalue weighted by Gasteiger charge is -2.06. The van der Waals surface area contributed by atoms with Gasteiger partial charge in [0.15, 0.2) is 5.78 Å². The van der Waals surface area contributed by atoms with Crippen molar-refractivity contribution in [3.8, 4) is 0 Å². The monoisotopic (exact) mass is 260 g/mol. The minimum absolute atomic E-state index is 0.0835. The molecule has 2 N–H and O–H groups in total. The van der Waals surface area contributed by atoms with Gasteiger partial charge in [-0.25, -0.2) is 0 Å². The number of anilines is 1. The Labute approximate surface area is 111 Å². The Balaban J connectivity index is 2.57. The number of carbonyl (C=O) groups is 3. The molecule has 5 heteroatoms. The van der Waals surface area contributed by atoms with E-state index in [0.29, 0.717) is 17.8 Å². The lowest BCUT2D eigenvalue weighted by atomic mass is 10.1. The molecule has 0 aliphatic carbocycles. The van der Waals surface area contributed by atoms with Crippen LogP contribution in [0.4, 0.5) is 5.69 Å². The van der Waals surface area contributed by atoms with Gasteiger partial charge in [0.2, 0.25) is 11.8 Å². The lowest BCUT2D eigenvalue weighted by Crippen LogP contribution is -2.28. The van der Waals surface area contributed by atoms with E-state index in [1.165, 1.54) is 13.0 Å². The van der Waals surface area contributed by atoms with Gasteiger partial charge in [-0.1, -0.05) is 18.2 Å². The number of hydrogen-bond acceptors (Lipinski definition) is 3. The van der Waals surface area contributed by atoms with E-state index in [2.05, 4.69) is 17.2 Å². The molecule has 1 aromatic carbocycles. The van der Waals surface area contributed by atoms with E-state index >= 15 is 0 Å². The number of hydrogen-bond donors (Lipinski definition) is 2. The summed E-state index contributed by atoms with van der Waals surface area (Å²) >= 11 is 0. The zero-order chi connectivity index (χ0) is 14.3. The lowest BCUT2D eigenvalue weighted by molar-refractivity contribution is -0.126. The average molecular weight is 260 g/mol. The first-order valence-corrected chi connectivity index (χ1v) is 5.81. The van der Waals surface area contributed by atoms with Crippen molar-refractivity contribution in [2.75, 3.05) is 11.9 Å². The van der Waals surface area contributed by atoms with Crippen LogP contribution in [0.5, 0.6) is 0 Å². The van der Waals surface area contributed by atoms with Gasteiger partial charge in [-0.3, -0.25) is 14.4 Å². The molecule has 0 aliphatic heterocycles. The average Bonchev–Trinajstić information content (AvgIpc) is 2.36. The molecule has 0 fully saturated rings. The maximum absolute atomic E-state index is 11.6. The number of carbonyl (C=O) groups excluding carboxylic acids is 3. The van der Waals surface area contributed by atoms with Gasteiger partial charge in [0.25, 0.3) is 0 Å². The first-order chi connectivity index (χ1) is 9.02. The molecule has 0 saturated heterocycles. The normalized spacial score (nSPS) is 9.53. The van der Waals surface area contributed by atoms with Crippen molar-refractivity contribution in [3.05, 3.63) is 42.5 Å². The van der Waals surface area contributed by atoms with E-state index in [-0.39, 0.29) is 18.1 Å². The van der Waals surface area contributed by atoms with Crippen LogP contribution in [0.25, 0.3) is 0 Å². The van der Waals surface area contributed by atoms with Gasteiger partial charge in [0.05, 0.1) is 0 Å². The smallest absolute Gasteiger partial charge is 0.233 e. The van der Waals surface area contributed by atoms with E-state index in [9.17, 15) is 14.4 Å². The summed E-state index contributed by atoms with van der Waals surface area (Å²) in [5, 5.41) is 5.07.